The number of esters is 2. The van der Waals surface area contributed by atoms with Crippen molar-refractivity contribution in [3.05, 3.63) is 142 Å². The minimum atomic E-state index is -1.15. The molecule has 6 rings (SSSR count). The molecule has 260 valence electrons. The SMILES string of the molecule is Cc1cc(-c2ccc(N=C=O)c(C)c2)ccc1N=C=O.O=C(O)c1ccc2c(c1)C(=O)OC2=O.O=C=Nc1ccc(Cc2ccc(N=C=O)cc2)cc1. The van der Waals surface area contributed by atoms with Gasteiger partial charge in [-0.05, 0) is 120 Å². The highest BCUT2D eigenvalue weighted by atomic mass is 16.6. The standard InChI is InChI=1S/C16H12N2O2.C15H10N2O2.C9H4O5/c1-11-7-13(3-5-15(11)17-9-19)14-4-6-16(18-10-20)12(2)8-14;18-10-16-14-5-1-12(2-6-14)9-13-3-7-15(8-4-13)17-11-19;10-7(11)4-1-2-5-6(3-4)9(13)14-8(5)12/h3-8H,1-2H3;1-8H,9H2;1-3H,(H,10,11). The van der Waals surface area contributed by atoms with Gasteiger partial charge in [-0.15, -0.1) is 0 Å². The van der Waals surface area contributed by atoms with Crippen molar-refractivity contribution in [1.29, 1.82) is 0 Å². The van der Waals surface area contributed by atoms with Gasteiger partial charge in [0.25, 0.3) is 0 Å². The van der Waals surface area contributed by atoms with Crippen molar-refractivity contribution in [2.45, 2.75) is 20.3 Å². The number of hydrogen-bond acceptors (Lipinski definition) is 12. The molecule has 0 radical (unpaired) electrons. The van der Waals surface area contributed by atoms with Crippen molar-refractivity contribution >= 4 is 65.0 Å². The van der Waals surface area contributed by atoms with Gasteiger partial charge in [-0.3, -0.25) is 0 Å². The van der Waals surface area contributed by atoms with Gasteiger partial charge in [-0.1, -0.05) is 36.4 Å². The molecule has 53 heavy (non-hydrogen) atoms. The normalized spacial score (nSPS) is 10.5. The zero-order valence-electron chi connectivity index (χ0n) is 28.0. The van der Waals surface area contributed by atoms with Crippen LogP contribution in [0, 0.1) is 13.8 Å². The Labute approximate surface area is 301 Å². The van der Waals surface area contributed by atoms with E-state index in [1.54, 1.807) is 48.6 Å². The third-order valence-corrected chi connectivity index (χ3v) is 7.58. The van der Waals surface area contributed by atoms with Gasteiger partial charge in [0.2, 0.25) is 24.3 Å². The molecule has 0 unspecified atom stereocenters. The van der Waals surface area contributed by atoms with Crippen molar-refractivity contribution in [1.82, 2.24) is 0 Å². The predicted molar refractivity (Wildman–Crippen MR) is 191 cm³/mol. The number of hydrogen-bond donors (Lipinski definition) is 1. The first-order chi connectivity index (χ1) is 25.6. The van der Waals surface area contributed by atoms with E-state index in [-0.39, 0.29) is 16.7 Å². The number of aliphatic imine (C=N–C) groups is 4. The fraction of sp³-hybridized carbons (Fsp3) is 0.0750. The summed E-state index contributed by atoms with van der Waals surface area (Å²) in [5.74, 6) is -2.69. The van der Waals surface area contributed by atoms with Gasteiger partial charge in [-0.2, -0.15) is 20.0 Å². The van der Waals surface area contributed by atoms with E-state index in [2.05, 4.69) is 24.7 Å². The number of carboxylic acid groups (broad SMARTS) is 1. The van der Waals surface area contributed by atoms with Crippen LogP contribution in [0.5, 0.6) is 0 Å². The molecule has 1 aliphatic heterocycles. The maximum Gasteiger partial charge on any atom is 0.346 e. The van der Waals surface area contributed by atoms with Gasteiger partial charge in [0.05, 0.1) is 39.4 Å². The summed E-state index contributed by atoms with van der Waals surface area (Å²) in [6.07, 6.45) is 6.85. The summed E-state index contributed by atoms with van der Waals surface area (Å²) in [7, 11) is 0. The number of ether oxygens (including phenoxy) is 1. The molecule has 0 aromatic heterocycles. The number of isocyanates is 4. The highest BCUT2D eigenvalue weighted by Gasteiger charge is 2.30. The van der Waals surface area contributed by atoms with Crippen LogP contribution in [-0.2, 0) is 30.3 Å². The van der Waals surface area contributed by atoms with Crippen molar-refractivity contribution < 1.29 is 43.4 Å². The Morgan fingerprint density at radius 3 is 1.40 bits per heavy atom. The number of fused-ring (bicyclic) bond motifs is 1. The molecule has 0 aliphatic carbocycles. The zero-order valence-corrected chi connectivity index (χ0v) is 28.0. The second-order valence-electron chi connectivity index (χ2n) is 11.1. The van der Waals surface area contributed by atoms with Crippen LogP contribution in [0.2, 0.25) is 0 Å². The van der Waals surface area contributed by atoms with Crippen molar-refractivity contribution in [3.63, 3.8) is 0 Å². The number of benzene rings is 5. The van der Waals surface area contributed by atoms with Crippen LogP contribution in [0.25, 0.3) is 11.1 Å². The fourth-order valence-electron chi connectivity index (χ4n) is 4.96. The molecule has 5 aromatic carbocycles. The first kappa shape index (κ1) is 38.0. The van der Waals surface area contributed by atoms with E-state index < -0.39 is 17.9 Å². The molecule has 0 saturated carbocycles. The maximum absolute atomic E-state index is 11.0. The van der Waals surface area contributed by atoms with Crippen LogP contribution < -0.4 is 0 Å². The van der Waals surface area contributed by atoms with Gasteiger partial charge in [-0.25, -0.2) is 33.6 Å². The van der Waals surface area contributed by atoms with E-state index >= 15 is 0 Å². The highest BCUT2D eigenvalue weighted by molar-refractivity contribution is 6.15. The number of carboxylic acids is 1. The predicted octanol–water partition coefficient (Wildman–Crippen LogP) is 7.81. The van der Waals surface area contributed by atoms with Gasteiger partial charge in [0, 0.05) is 0 Å². The monoisotopic (exact) mass is 706 g/mol. The van der Waals surface area contributed by atoms with Crippen LogP contribution >= 0.6 is 0 Å². The summed E-state index contributed by atoms with van der Waals surface area (Å²) in [5.41, 5.74) is 8.53. The molecule has 1 aliphatic rings. The van der Waals surface area contributed by atoms with Crippen molar-refractivity contribution in [3.8, 4) is 11.1 Å². The third-order valence-electron chi connectivity index (χ3n) is 7.58. The topological polar surface area (TPSA) is 198 Å². The van der Waals surface area contributed by atoms with Gasteiger partial charge in [0.1, 0.15) is 0 Å². The van der Waals surface area contributed by atoms with E-state index in [0.717, 1.165) is 45.9 Å². The average Bonchev–Trinajstić information content (AvgIpc) is 3.44. The summed E-state index contributed by atoms with van der Waals surface area (Å²) in [6.45, 7) is 3.77. The molecular formula is C40H26N4O9. The summed E-state index contributed by atoms with van der Waals surface area (Å²) < 4.78 is 4.30. The van der Waals surface area contributed by atoms with E-state index in [9.17, 15) is 33.6 Å². The number of carbonyl (C=O) groups excluding carboxylic acids is 6. The van der Waals surface area contributed by atoms with Crippen molar-refractivity contribution in [2.75, 3.05) is 0 Å². The molecule has 1 heterocycles. The third kappa shape index (κ3) is 10.4. The van der Waals surface area contributed by atoms with Gasteiger partial charge in [0.15, 0.2) is 0 Å². The Morgan fingerprint density at radius 2 is 1.00 bits per heavy atom. The number of rotatable bonds is 8. The van der Waals surface area contributed by atoms with E-state index in [1.165, 1.54) is 24.3 Å². The maximum atomic E-state index is 11.0. The Balaban J connectivity index is 0.000000180. The minimum Gasteiger partial charge on any atom is -0.478 e. The molecule has 13 heteroatoms. The van der Waals surface area contributed by atoms with Crippen LogP contribution in [0.1, 0.15) is 53.3 Å². The Bertz CT molecular complexity index is 2270. The van der Waals surface area contributed by atoms with E-state index in [0.29, 0.717) is 22.7 Å². The summed E-state index contributed by atoms with van der Waals surface area (Å²) in [5, 5.41) is 8.63. The van der Waals surface area contributed by atoms with Crippen LogP contribution in [0.4, 0.5) is 22.7 Å². The average molecular weight is 707 g/mol. The van der Waals surface area contributed by atoms with Crippen LogP contribution in [0.15, 0.2) is 123 Å². The molecule has 1 N–H and O–H groups in total. The molecule has 0 spiro atoms. The Morgan fingerprint density at radius 1 is 0.566 bits per heavy atom. The first-order valence-corrected chi connectivity index (χ1v) is 15.4. The lowest BCUT2D eigenvalue weighted by Gasteiger charge is -2.07. The molecule has 0 fully saturated rings. The zero-order chi connectivity index (χ0) is 38.3. The molecule has 0 atom stereocenters. The number of aryl methyl sites for hydroxylation is 2. The summed E-state index contributed by atoms with van der Waals surface area (Å²) >= 11 is 0. The second-order valence-corrected chi connectivity index (χ2v) is 11.1. The largest absolute Gasteiger partial charge is 0.478 e. The van der Waals surface area contributed by atoms with E-state index in [4.69, 9.17) is 5.11 Å². The Kier molecular flexibility index (Phi) is 13.1. The number of aromatic carboxylic acids is 1. The molecule has 0 amide bonds. The smallest absolute Gasteiger partial charge is 0.346 e. The number of carbonyl (C=O) groups is 3. The molecule has 0 bridgehead atoms. The highest BCUT2D eigenvalue weighted by Crippen LogP contribution is 2.30. The summed E-state index contributed by atoms with van der Waals surface area (Å²) in [4.78, 5) is 87.7. The molecule has 13 nitrogen and oxygen atoms in total. The quantitative estimate of drug-likeness (QED) is 0.0723. The van der Waals surface area contributed by atoms with Gasteiger partial charge < -0.3 is 9.84 Å². The van der Waals surface area contributed by atoms with Crippen molar-refractivity contribution in [2.24, 2.45) is 20.0 Å². The number of cyclic esters (lactones) is 2. The van der Waals surface area contributed by atoms with Crippen LogP contribution in [0.3, 0.4) is 0 Å². The van der Waals surface area contributed by atoms with Crippen LogP contribution in [-0.4, -0.2) is 47.3 Å². The second kappa shape index (κ2) is 18.3. The van der Waals surface area contributed by atoms with E-state index in [1.807, 2.05) is 62.4 Å². The Hall–Kier alpha value is -7.77. The molecule has 5 aromatic rings. The molecule has 0 saturated heterocycles. The first-order valence-electron chi connectivity index (χ1n) is 15.4. The summed E-state index contributed by atoms with van der Waals surface area (Å²) in [6, 6.07) is 29.6. The minimum absolute atomic E-state index is 0.00917. The molecular weight excluding hydrogens is 680 g/mol. The number of nitrogens with zero attached hydrogens (tertiary/aromatic N) is 4. The lowest BCUT2D eigenvalue weighted by atomic mass is 10.00. The fourth-order valence-corrected chi connectivity index (χ4v) is 4.96. The lowest BCUT2D eigenvalue weighted by Crippen LogP contribution is -2.00. The lowest BCUT2D eigenvalue weighted by molar-refractivity contribution is 0.0443. The van der Waals surface area contributed by atoms with Gasteiger partial charge >= 0.3 is 17.9 Å².